The zero-order valence-electron chi connectivity index (χ0n) is 17.4. The van der Waals surface area contributed by atoms with Gasteiger partial charge in [-0.1, -0.05) is 31.6 Å². The minimum atomic E-state index is -0.597. The number of Topliss-reactive ketones (excluding diaryl/α,β-unsaturated/α-hetero) is 3. The predicted molar refractivity (Wildman–Crippen MR) is 113 cm³/mol. The monoisotopic (exact) mass is 408 g/mol. The Balaban J connectivity index is 1.75. The fourth-order valence-corrected chi connectivity index (χ4v) is 5.25. The maximum Gasteiger partial charge on any atom is 0.192 e. The third-order valence-electron chi connectivity index (χ3n) is 6.51. The van der Waals surface area contributed by atoms with Crippen molar-refractivity contribution in [2.24, 2.45) is 5.41 Å². The van der Waals surface area contributed by atoms with Crippen LogP contribution in [0.4, 0.5) is 0 Å². The Labute approximate surface area is 180 Å². The van der Waals surface area contributed by atoms with Gasteiger partial charge in [-0.05, 0) is 42.0 Å². The second-order valence-electron chi connectivity index (χ2n) is 9.27. The van der Waals surface area contributed by atoms with E-state index in [1.165, 1.54) is 12.4 Å². The summed E-state index contributed by atoms with van der Waals surface area (Å²) in [5.41, 5.74) is 4.21. The highest BCUT2D eigenvalue weighted by Gasteiger charge is 2.46. The summed E-state index contributed by atoms with van der Waals surface area (Å²) >= 11 is 0. The number of benzene rings is 1. The van der Waals surface area contributed by atoms with Gasteiger partial charge in [0.15, 0.2) is 17.3 Å². The van der Waals surface area contributed by atoms with E-state index >= 15 is 0 Å². The number of hydrogen-bond donors (Lipinski definition) is 0. The first-order valence-electron chi connectivity index (χ1n) is 10.3. The van der Waals surface area contributed by atoms with Gasteiger partial charge in [0.25, 0.3) is 0 Å². The normalized spacial score (nSPS) is 22.0. The molecule has 152 valence electrons. The van der Waals surface area contributed by atoms with Gasteiger partial charge in [-0.15, -0.1) is 0 Å². The molecule has 0 spiro atoms. The van der Waals surface area contributed by atoms with Gasteiger partial charge in [0.05, 0.1) is 17.2 Å². The third-order valence-corrected chi connectivity index (χ3v) is 6.51. The summed E-state index contributed by atoms with van der Waals surface area (Å²) in [5, 5.41) is 9.17. The molecule has 0 fully saturated rings. The maximum atomic E-state index is 13.6. The van der Waals surface area contributed by atoms with Crippen molar-refractivity contribution in [3.8, 4) is 6.07 Å². The molecule has 1 unspecified atom stereocenters. The van der Waals surface area contributed by atoms with Crippen molar-refractivity contribution in [1.82, 2.24) is 4.98 Å². The number of carbonyl (C=O) groups is 3. The summed E-state index contributed by atoms with van der Waals surface area (Å²) in [4.78, 5) is 44.3. The molecule has 1 aromatic heterocycles. The number of allylic oxidation sites excluding steroid dienone is 4. The molecular formula is C26H20N2O3. The fraction of sp³-hybridized carbons (Fsp3) is 0.269. The molecule has 3 aliphatic rings. The molecule has 0 N–H and O–H groups in total. The number of aromatic nitrogens is 1. The lowest BCUT2D eigenvalue weighted by molar-refractivity contribution is -0.118. The first kappa shape index (κ1) is 19.3. The van der Waals surface area contributed by atoms with E-state index in [9.17, 15) is 19.6 Å². The highest BCUT2D eigenvalue weighted by Crippen LogP contribution is 2.52. The molecule has 1 aromatic carbocycles. The number of carbonyl (C=O) groups excluding carboxylic acids is 3. The molecule has 5 nitrogen and oxygen atoms in total. The second kappa shape index (κ2) is 6.68. The van der Waals surface area contributed by atoms with Crippen molar-refractivity contribution in [1.29, 1.82) is 5.26 Å². The number of hydrogen-bond acceptors (Lipinski definition) is 5. The van der Waals surface area contributed by atoms with E-state index in [4.69, 9.17) is 0 Å². The van der Waals surface area contributed by atoms with Crippen molar-refractivity contribution in [2.45, 2.75) is 39.0 Å². The van der Waals surface area contributed by atoms with Crippen LogP contribution >= 0.6 is 0 Å². The first-order chi connectivity index (χ1) is 14.8. The van der Waals surface area contributed by atoms with E-state index in [1.54, 1.807) is 30.3 Å². The average molecular weight is 408 g/mol. The van der Waals surface area contributed by atoms with Crippen LogP contribution in [-0.2, 0) is 4.79 Å². The van der Waals surface area contributed by atoms with E-state index in [2.05, 4.69) is 24.9 Å². The molecule has 0 bridgehead atoms. The van der Waals surface area contributed by atoms with Crippen LogP contribution in [0.3, 0.4) is 0 Å². The SMILES string of the molecule is CC1(C)CC(=O)C2=C(CC3=C(C(=O)c4cnccc4C3=O)C2c2ccc(C#N)cc2)C1. The Kier molecular flexibility index (Phi) is 4.16. The number of ketones is 3. The van der Waals surface area contributed by atoms with E-state index in [0.717, 1.165) is 11.1 Å². The smallest absolute Gasteiger partial charge is 0.192 e. The Morgan fingerprint density at radius 2 is 1.71 bits per heavy atom. The average Bonchev–Trinajstić information content (AvgIpc) is 2.75. The van der Waals surface area contributed by atoms with Crippen molar-refractivity contribution in [3.05, 3.63) is 87.3 Å². The molecule has 5 rings (SSSR count). The summed E-state index contributed by atoms with van der Waals surface area (Å²) in [6.45, 7) is 4.12. The van der Waals surface area contributed by atoms with Crippen LogP contribution < -0.4 is 0 Å². The van der Waals surface area contributed by atoms with Crippen LogP contribution in [0.5, 0.6) is 0 Å². The summed E-state index contributed by atoms with van der Waals surface area (Å²) in [6.07, 6.45) is 4.40. The van der Waals surface area contributed by atoms with Gasteiger partial charge < -0.3 is 0 Å². The molecule has 0 saturated carbocycles. The number of fused-ring (bicyclic) bond motifs is 1. The molecule has 5 heteroatoms. The minimum Gasteiger partial charge on any atom is -0.294 e. The zero-order valence-corrected chi connectivity index (χ0v) is 17.4. The molecular weight excluding hydrogens is 388 g/mol. The maximum absolute atomic E-state index is 13.6. The molecule has 1 heterocycles. The summed E-state index contributed by atoms with van der Waals surface area (Å²) in [6, 6.07) is 10.6. The summed E-state index contributed by atoms with van der Waals surface area (Å²) < 4.78 is 0. The zero-order chi connectivity index (χ0) is 21.9. The fourth-order valence-electron chi connectivity index (χ4n) is 5.25. The lowest BCUT2D eigenvalue weighted by Crippen LogP contribution is -2.36. The topological polar surface area (TPSA) is 87.9 Å². The van der Waals surface area contributed by atoms with E-state index in [-0.39, 0.29) is 28.3 Å². The number of pyridine rings is 1. The largest absolute Gasteiger partial charge is 0.294 e. The first-order valence-corrected chi connectivity index (χ1v) is 10.3. The van der Waals surface area contributed by atoms with Gasteiger partial charge >= 0.3 is 0 Å². The van der Waals surface area contributed by atoms with Gasteiger partial charge in [0.2, 0.25) is 0 Å². The number of nitriles is 1. The predicted octanol–water partition coefficient (Wildman–Crippen LogP) is 4.50. The quantitative estimate of drug-likeness (QED) is 0.693. The van der Waals surface area contributed by atoms with Crippen LogP contribution in [0.2, 0.25) is 0 Å². The molecule has 0 radical (unpaired) electrons. The Morgan fingerprint density at radius 3 is 2.42 bits per heavy atom. The standard InChI is InChI=1S/C26H20N2O3/c1-26(2)10-16-9-18-23(25(31)19-13-28-8-7-17(19)24(18)30)22(21(16)20(29)11-26)15-5-3-14(12-27)4-6-15/h3-8,13,22H,9-11H2,1-2H3. The minimum absolute atomic E-state index is 0.0318. The molecule has 1 atom stereocenters. The molecule has 31 heavy (non-hydrogen) atoms. The van der Waals surface area contributed by atoms with E-state index < -0.39 is 5.92 Å². The van der Waals surface area contributed by atoms with E-state index in [0.29, 0.717) is 47.1 Å². The van der Waals surface area contributed by atoms with Crippen LogP contribution in [0.15, 0.2) is 65.0 Å². The van der Waals surface area contributed by atoms with E-state index in [1.807, 2.05) is 0 Å². The highest BCUT2D eigenvalue weighted by atomic mass is 16.1. The Morgan fingerprint density at radius 1 is 0.968 bits per heavy atom. The van der Waals surface area contributed by atoms with Gasteiger partial charge in [-0.3, -0.25) is 19.4 Å². The molecule has 3 aliphatic carbocycles. The van der Waals surface area contributed by atoms with Gasteiger partial charge in [0, 0.05) is 47.0 Å². The third kappa shape index (κ3) is 2.90. The Hall–Kier alpha value is -3.65. The van der Waals surface area contributed by atoms with Gasteiger partial charge in [-0.2, -0.15) is 5.26 Å². The van der Waals surface area contributed by atoms with Crippen LogP contribution in [-0.4, -0.2) is 22.3 Å². The molecule has 2 aromatic rings. The second-order valence-corrected chi connectivity index (χ2v) is 9.27. The van der Waals surface area contributed by atoms with Crippen molar-refractivity contribution in [2.75, 3.05) is 0 Å². The Bertz CT molecular complexity index is 1290. The summed E-state index contributed by atoms with van der Waals surface area (Å²) in [7, 11) is 0. The van der Waals surface area contributed by atoms with Crippen molar-refractivity contribution < 1.29 is 14.4 Å². The lowest BCUT2D eigenvalue weighted by atomic mass is 9.61. The molecule has 0 amide bonds. The van der Waals surface area contributed by atoms with Gasteiger partial charge in [0.1, 0.15) is 0 Å². The molecule has 0 saturated heterocycles. The lowest BCUT2D eigenvalue weighted by Gasteiger charge is -2.40. The van der Waals surface area contributed by atoms with Crippen molar-refractivity contribution in [3.63, 3.8) is 0 Å². The van der Waals surface area contributed by atoms with Crippen LogP contribution in [0.25, 0.3) is 0 Å². The van der Waals surface area contributed by atoms with Gasteiger partial charge in [-0.25, -0.2) is 0 Å². The van der Waals surface area contributed by atoms with Crippen molar-refractivity contribution >= 4 is 17.3 Å². The summed E-state index contributed by atoms with van der Waals surface area (Å²) in [5.74, 6) is -0.964. The highest BCUT2D eigenvalue weighted by molar-refractivity contribution is 6.28. The number of rotatable bonds is 1. The molecule has 0 aliphatic heterocycles. The van der Waals surface area contributed by atoms with Crippen LogP contribution in [0.1, 0.15) is 70.9 Å². The number of nitrogens with zero attached hydrogens (tertiary/aromatic N) is 2. The van der Waals surface area contributed by atoms with Crippen LogP contribution in [0, 0.1) is 16.7 Å².